The van der Waals surface area contributed by atoms with Gasteiger partial charge in [-0.1, -0.05) is 6.42 Å². The summed E-state index contributed by atoms with van der Waals surface area (Å²) < 4.78 is 5.58. The van der Waals surface area contributed by atoms with Crippen molar-refractivity contribution >= 4 is 17.6 Å². The fourth-order valence-corrected chi connectivity index (χ4v) is 3.25. The molecule has 1 aromatic rings. The molecule has 17 heavy (non-hydrogen) atoms. The van der Waals surface area contributed by atoms with E-state index in [1.807, 2.05) is 37.0 Å². The van der Waals surface area contributed by atoms with Gasteiger partial charge in [-0.25, -0.2) is 4.98 Å². The van der Waals surface area contributed by atoms with Crippen LogP contribution >= 0.6 is 11.8 Å². The van der Waals surface area contributed by atoms with E-state index in [9.17, 15) is 0 Å². The van der Waals surface area contributed by atoms with E-state index in [0.29, 0.717) is 17.9 Å². The molecule has 0 amide bonds. The van der Waals surface area contributed by atoms with Crippen molar-refractivity contribution in [2.75, 3.05) is 18.2 Å². The first-order chi connectivity index (χ1) is 8.35. The summed E-state index contributed by atoms with van der Waals surface area (Å²) in [4.78, 5) is 4.38. The zero-order valence-corrected chi connectivity index (χ0v) is 11.3. The normalized spacial score (nSPS) is 23.6. The highest BCUT2D eigenvalue weighted by molar-refractivity contribution is 7.99. The molecule has 1 aliphatic carbocycles. The van der Waals surface area contributed by atoms with E-state index in [0.717, 1.165) is 11.6 Å². The molecule has 0 spiro atoms. The smallest absolute Gasteiger partial charge is 0.169 e. The summed E-state index contributed by atoms with van der Waals surface area (Å²) in [5.41, 5.74) is 0. The van der Waals surface area contributed by atoms with Crippen molar-refractivity contribution in [1.82, 2.24) is 4.98 Å². The summed E-state index contributed by atoms with van der Waals surface area (Å²) in [5, 5.41) is 4.24. The van der Waals surface area contributed by atoms with Gasteiger partial charge in [0.25, 0.3) is 0 Å². The molecule has 2 unspecified atom stereocenters. The second-order valence-corrected chi connectivity index (χ2v) is 5.32. The van der Waals surface area contributed by atoms with Gasteiger partial charge in [-0.15, -0.1) is 0 Å². The molecule has 2 atom stereocenters. The second-order valence-electron chi connectivity index (χ2n) is 4.24. The molecule has 1 saturated carbocycles. The lowest BCUT2D eigenvalue weighted by Crippen LogP contribution is -2.26. The molecule has 3 nitrogen and oxygen atoms in total. The SMILES string of the molecule is CCOc1cccnc1NC1CCCC1SC. The summed E-state index contributed by atoms with van der Waals surface area (Å²) in [6, 6.07) is 4.41. The Hall–Kier alpha value is -0.900. The topological polar surface area (TPSA) is 34.1 Å². The Balaban J connectivity index is 2.07. The number of ether oxygens (including phenoxy) is 1. The highest BCUT2D eigenvalue weighted by atomic mass is 32.2. The Labute approximate surface area is 107 Å². The van der Waals surface area contributed by atoms with Crippen molar-refractivity contribution < 1.29 is 4.74 Å². The van der Waals surface area contributed by atoms with E-state index in [4.69, 9.17) is 4.74 Å². The molecule has 1 aromatic heterocycles. The summed E-state index contributed by atoms with van der Waals surface area (Å²) in [6.45, 7) is 2.67. The van der Waals surface area contributed by atoms with Gasteiger partial charge in [-0.2, -0.15) is 11.8 Å². The van der Waals surface area contributed by atoms with Crippen molar-refractivity contribution in [2.24, 2.45) is 0 Å². The average Bonchev–Trinajstić information content (AvgIpc) is 2.79. The zero-order valence-electron chi connectivity index (χ0n) is 10.5. The van der Waals surface area contributed by atoms with Crippen LogP contribution in [0.5, 0.6) is 5.75 Å². The fraction of sp³-hybridized carbons (Fsp3) is 0.615. The quantitative estimate of drug-likeness (QED) is 0.872. The van der Waals surface area contributed by atoms with Crippen molar-refractivity contribution in [2.45, 2.75) is 37.5 Å². The average molecular weight is 252 g/mol. The monoisotopic (exact) mass is 252 g/mol. The number of thioether (sulfide) groups is 1. The first-order valence-electron chi connectivity index (χ1n) is 6.22. The second kappa shape index (κ2) is 6.15. The van der Waals surface area contributed by atoms with Gasteiger partial charge >= 0.3 is 0 Å². The lowest BCUT2D eigenvalue weighted by molar-refractivity contribution is 0.340. The number of rotatable bonds is 5. The lowest BCUT2D eigenvalue weighted by atomic mass is 10.2. The standard InChI is InChI=1S/C13H20N2OS/c1-3-16-11-7-5-9-14-13(11)15-10-6-4-8-12(10)17-2/h5,7,9-10,12H,3-4,6,8H2,1-2H3,(H,14,15). The molecule has 1 N–H and O–H groups in total. The maximum absolute atomic E-state index is 5.58. The first-order valence-corrected chi connectivity index (χ1v) is 7.51. The van der Waals surface area contributed by atoms with E-state index in [1.54, 1.807) is 0 Å². The lowest BCUT2D eigenvalue weighted by Gasteiger charge is -2.21. The number of nitrogens with zero attached hydrogens (tertiary/aromatic N) is 1. The molecule has 0 bridgehead atoms. The molecule has 0 saturated heterocycles. The number of aromatic nitrogens is 1. The van der Waals surface area contributed by atoms with Crippen LogP contribution in [-0.2, 0) is 0 Å². The third-order valence-electron chi connectivity index (χ3n) is 3.15. The maximum atomic E-state index is 5.58. The van der Waals surface area contributed by atoms with E-state index >= 15 is 0 Å². The third kappa shape index (κ3) is 3.06. The molecule has 2 rings (SSSR count). The number of hydrogen-bond acceptors (Lipinski definition) is 4. The van der Waals surface area contributed by atoms with Gasteiger partial charge in [0.05, 0.1) is 6.61 Å². The van der Waals surface area contributed by atoms with Gasteiger partial charge in [0, 0.05) is 17.5 Å². The highest BCUT2D eigenvalue weighted by Gasteiger charge is 2.27. The van der Waals surface area contributed by atoms with E-state index in [2.05, 4.69) is 16.6 Å². The van der Waals surface area contributed by atoms with Gasteiger partial charge in [-0.05, 0) is 38.2 Å². The van der Waals surface area contributed by atoms with Crippen molar-refractivity contribution in [1.29, 1.82) is 0 Å². The molecule has 94 valence electrons. The summed E-state index contributed by atoms with van der Waals surface area (Å²) >= 11 is 1.95. The minimum absolute atomic E-state index is 0.527. The number of hydrogen-bond donors (Lipinski definition) is 1. The molecule has 0 radical (unpaired) electrons. The van der Waals surface area contributed by atoms with Crippen LogP contribution in [0.3, 0.4) is 0 Å². The molecule has 4 heteroatoms. The maximum Gasteiger partial charge on any atom is 0.169 e. The molecule has 0 aromatic carbocycles. The highest BCUT2D eigenvalue weighted by Crippen LogP contribution is 2.32. The third-order valence-corrected chi connectivity index (χ3v) is 4.32. The minimum atomic E-state index is 0.527. The van der Waals surface area contributed by atoms with E-state index < -0.39 is 0 Å². The minimum Gasteiger partial charge on any atom is -0.490 e. The Bertz CT molecular complexity index is 359. The summed E-state index contributed by atoms with van der Waals surface area (Å²) in [6.07, 6.45) is 7.84. The van der Waals surface area contributed by atoms with Crippen LogP contribution in [0.25, 0.3) is 0 Å². The van der Waals surface area contributed by atoms with Gasteiger partial charge in [0.15, 0.2) is 11.6 Å². The molecule has 1 fully saturated rings. The Morgan fingerprint density at radius 1 is 1.53 bits per heavy atom. The number of nitrogens with one attached hydrogen (secondary N) is 1. The van der Waals surface area contributed by atoms with Gasteiger partial charge < -0.3 is 10.1 Å². The van der Waals surface area contributed by atoms with Crippen LogP contribution in [-0.4, -0.2) is 29.1 Å². The van der Waals surface area contributed by atoms with Gasteiger partial charge in [0.2, 0.25) is 0 Å². The first kappa shape index (κ1) is 12.6. The fourth-order valence-electron chi connectivity index (χ4n) is 2.32. The van der Waals surface area contributed by atoms with Crippen LogP contribution in [0.2, 0.25) is 0 Å². The summed E-state index contributed by atoms with van der Waals surface area (Å²) in [5.74, 6) is 1.75. The zero-order chi connectivity index (χ0) is 12.1. The van der Waals surface area contributed by atoms with Crippen LogP contribution < -0.4 is 10.1 Å². The Kier molecular flexibility index (Phi) is 4.54. The number of anilines is 1. The molecule has 0 aliphatic heterocycles. The Morgan fingerprint density at radius 3 is 3.18 bits per heavy atom. The van der Waals surface area contributed by atoms with Crippen molar-refractivity contribution in [3.8, 4) is 5.75 Å². The van der Waals surface area contributed by atoms with Crippen LogP contribution in [0.15, 0.2) is 18.3 Å². The molecular weight excluding hydrogens is 232 g/mol. The molecular formula is C13H20N2OS. The van der Waals surface area contributed by atoms with Crippen LogP contribution in [0.1, 0.15) is 26.2 Å². The number of pyridine rings is 1. The predicted molar refractivity (Wildman–Crippen MR) is 74.0 cm³/mol. The van der Waals surface area contributed by atoms with E-state index in [-0.39, 0.29) is 0 Å². The Morgan fingerprint density at radius 2 is 2.41 bits per heavy atom. The van der Waals surface area contributed by atoms with Crippen molar-refractivity contribution in [3.63, 3.8) is 0 Å². The summed E-state index contributed by atoms with van der Waals surface area (Å²) in [7, 11) is 0. The largest absolute Gasteiger partial charge is 0.490 e. The van der Waals surface area contributed by atoms with Gasteiger partial charge in [0.1, 0.15) is 0 Å². The predicted octanol–water partition coefficient (Wildman–Crippen LogP) is 3.18. The molecule has 1 aliphatic rings. The van der Waals surface area contributed by atoms with Crippen LogP contribution in [0, 0.1) is 0 Å². The van der Waals surface area contributed by atoms with E-state index in [1.165, 1.54) is 19.3 Å². The molecule has 1 heterocycles. The van der Waals surface area contributed by atoms with Gasteiger partial charge in [-0.3, -0.25) is 0 Å². The van der Waals surface area contributed by atoms with Crippen LogP contribution in [0.4, 0.5) is 5.82 Å². The van der Waals surface area contributed by atoms with Crippen molar-refractivity contribution in [3.05, 3.63) is 18.3 Å².